The van der Waals surface area contributed by atoms with Crippen LogP contribution in [0.3, 0.4) is 0 Å². The van der Waals surface area contributed by atoms with Crippen molar-refractivity contribution in [1.29, 1.82) is 0 Å². The molecule has 0 amide bonds. The number of benzene rings is 1. The molecule has 1 heterocycles. The predicted octanol–water partition coefficient (Wildman–Crippen LogP) is 1.44. The number of fused-ring (bicyclic) bond motifs is 1. The number of aliphatic hydroxyl groups is 1. The molecule has 18 heavy (non-hydrogen) atoms. The van der Waals surface area contributed by atoms with E-state index in [1.54, 1.807) is 6.92 Å². The number of nitrogens with zero attached hydrogens (tertiary/aromatic N) is 1. The van der Waals surface area contributed by atoms with E-state index < -0.39 is 17.6 Å². The number of oxime groups is 1. The maximum Gasteiger partial charge on any atom is 0.171 e. The van der Waals surface area contributed by atoms with Gasteiger partial charge in [0.05, 0.1) is 0 Å². The van der Waals surface area contributed by atoms with Gasteiger partial charge in [0, 0.05) is 12.0 Å². The molecule has 1 aliphatic heterocycles. The Morgan fingerprint density at radius 3 is 2.72 bits per heavy atom. The minimum Gasteiger partial charge on any atom is -0.388 e. The quantitative estimate of drug-likeness (QED) is 0.814. The van der Waals surface area contributed by atoms with E-state index in [1.807, 2.05) is 31.2 Å². The van der Waals surface area contributed by atoms with Crippen molar-refractivity contribution in [1.82, 2.24) is 0 Å². The van der Waals surface area contributed by atoms with Crippen LogP contribution in [0.5, 0.6) is 0 Å². The van der Waals surface area contributed by atoms with Gasteiger partial charge in [-0.2, -0.15) is 0 Å². The van der Waals surface area contributed by atoms with Crippen molar-refractivity contribution in [3.05, 3.63) is 35.4 Å². The van der Waals surface area contributed by atoms with Crippen molar-refractivity contribution < 1.29 is 14.7 Å². The molecule has 0 unspecified atom stereocenters. The molecule has 1 aromatic rings. The Labute approximate surface area is 105 Å². The molecule has 4 nitrogen and oxygen atoms in total. The van der Waals surface area contributed by atoms with Gasteiger partial charge < -0.3 is 9.94 Å². The first-order valence-corrected chi connectivity index (χ1v) is 6.05. The van der Waals surface area contributed by atoms with Crippen molar-refractivity contribution in [3.8, 4) is 0 Å². The predicted molar refractivity (Wildman–Crippen MR) is 66.3 cm³/mol. The van der Waals surface area contributed by atoms with Crippen LogP contribution in [0.25, 0.3) is 0 Å². The van der Waals surface area contributed by atoms with Crippen LogP contribution < -0.4 is 0 Å². The lowest BCUT2D eigenvalue weighted by molar-refractivity contribution is -0.119. The first kappa shape index (κ1) is 11.4. The zero-order chi connectivity index (χ0) is 12.9. The number of ketones is 1. The van der Waals surface area contributed by atoms with Crippen LogP contribution in [0.2, 0.25) is 0 Å². The van der Waals surface area contributed by atoms with Gasteiger partial charge in [0.25, 0.3) is 0 Å². The minimum atomic E-state index is -1.11. The molecule has 3 rings (SSSR count). The second-order valence-electron chi connectivity index (χ2n) is 5.35. The summed E-state index contributed by atoms with van der Waals surface area (Å²) in [6, 6.07) is 7.81. The highest BCUT2D eigenvalue weighted by atomic mass is 16.7. The summed E-state index contributed by atoms with van der Waals surface area (Å²) in [6.07, 6.45) is -0.408. The van der Waals surface area contributed by atoms with Crippen LogP contribution in [-0.4, -0.2) is 28.3 Å². The summed E-state index contributed by atoms with van der Waals surface area (Å²) >= 11 is 0. The van der Waals surface area contributed by atoms with Gasteiger partial charge in [0.15, 0.2) is 6.10 Å². The van der Waals surface area contributed by atoms with Gasteiger partial charge in [-0.25, -0.2) is 0 Å². The number of carbonyl (C=O) groups excluding carboxylic acids is 1. The van der Waals surface area contributed by atoms with Crippen LogP contribution in [-0.2, 0) is 9.63 Å². The molecule has 0 saturated heterocycles. The van der Waals surface area contributed by atoms with Crippen molar-refractivity contribution >= 4 is 11.5 Å². The Bertz CT molecular complexity index is 530. The first-order chi connectivity index (χ1) is 8.49. The number of hydrogen-bond acceptors (Lipinski definition) is 4. The van der Waals surface area contributed by atoms with Crippen LogP contribution in [0.1, 0.15) is 24.5 Å². The fourth-order valence-electron chi connectivity index (χ4n) is 2.69. The fourth-order valence-corrected chi connectivity index (χ4v) is 2.69. The van der Waals surface area contributed by atoms with E-state index in [1.165, 1.54) is 0 Å². The first-order valence-electron chi connectivity index (χ1n) is 6.05. The third-order valence-electron chi connectivity index (χ3n) is 3.70. The molecular formula is C14H15NO3. The highest BCUT2D eigenvalue weighted by Crippen LogP contribution is 2.40. The van der Waals surface area contributed by atoms with Gasteiger partial charge >= 0.3 is 0 Å². The highest BCUT2D eigenvalue weighted by Gasteiger charge is 2.56. The molecule has 2 aliphatic rings. The summed E-state index contributed by atoms with van der Waals surface area (Å²) < 4.78 is 0. The van der Waals surface area contributed by atoms with E-state index >= 15 is 0 Å². The molecule has 1 fully saturated rings. The average molecular weight is 245 g/mol. The molecule has 94 valence electrons. The number of aryl methyl sites for hydroxylation is 1. The Morgan fingerprint density at radius 1 is 1.39 bits per heavy atom. The number of Topliss-reactive ketones (excluding diaryl/α,β-unsaturated/α-hetero) is 1. The molecule has 1 aliphatic carbocycles. The lowest BCUT2D eigenvalue weighted by atomic mass is 9.91. The Balaban J connectivity index is 1.97. The van der Waals surface area contributed by atoms with Crippen molar-refractivity contribution in [2.45, 2.75) is 32.0 Å². The van der Waals surface area contributed by atoms with Gasteiger partial charge in [-0.3, -0.25) is 4.79 Å². The molecule has 1 N–H and O–H groups in total. The van der Waals surface area contributed by atoms with Gasteiger partial charge in [-0.1, -0.05) is 35.0 Å². The van der Waals surface area contributed by atoms with E-state index in [4.69, 9.17) is 4.84 Å². The highest BCUT2D eigenvalue weighted by molar-refractivity contribution is 6.16. The molecule has 0 aromatic heterocycles. The molecule has 1 saturated carbocycles. The Kier molecular flexibility index (Phi) is 2.32. The summed E-state index contributed by atoms with van der Waals surface area (Å²) in [6.45, 7) is 3.63. The second-order valence-corrected chi connectivity index (χ2v) is 5.35. The fraction of sp³-hybridized carbons (Fsp3) is 0.429. The van der Waals surface area contributed by atoms with Gasteiger partial charge in [0.1, 0.15) is 23.0 Å². The minimum absolute atomic E-state index is 0.00169. The van der Waals surface area contributed by atoms with Crippen molar-refractivity contribution in [2.75, 3.05) is 0 Å². The van der Waals surface area contributed by atoms with Gasteiger partial charge in [0.2, 0.25) is 0 Å². The zero-order valence-electron chi connectivity index (χ0n) is 10.4. The largest absolute Gasteiger partial charge is 0.388 e. The monoisotopic (exact) mass is 245 g/mol. The zero-order valence-corrected chi connectivity index (χ0v) is 10.4. The average Bonchev–Trinajstić information content (AvgIpc) is 2.82. The third-order valence-corrected chi connectivity index (χ3v) is 3.70. The van der Waals surface area contributed by atoms with E-state index in [0.717, 1.165) is 11.1 Å². The number of rotatable bonds is 1. The molecule has 3 atom stereocenters. The Hall–Kier alpha value is -1.68. The van der Waals surface area contributed by atoms with E-state index in [2.05, 4.69) is 5.16 Å². The molecule has 0 spiro atoms. The van der Waals surface area contributed by atoms with Gasteiger partial charge in [-0.15, -0.1) is 0 Å². The second kappa shape index (κ2) is 3.65. The molecule has 0 bridgehead atoms. The van der Waals surface area contributed by atoms with Crippen LogP contribution in [0.15, 0.2) is 29.4 Å². The topological polar surface area (TPSA) is 58.9 Å². The molecule has 0 radical (unpaired) electrons. The van der Waals surface area contributed by atoms with Crippen molar-refractivity contribution in [2.24, 2.45) is 11.1 Å². The van der Waals surface area contributed by atoms with E-state index in [9.17, 15) is 9.90 Å². The summed E-state index contributed by atoms with van der Waals surface area (Å²) in [4.78, 5) is 17.3. The van der Waals surface area contributed by atoms with Crippen LogP contribution >= 0.6 is 0 Å². The number of hydrogen-bond donors (Lipinski definition) is 1. The smallest absolute Gasteiger partial charge is 0.171 e. The van der Waals surface area contributed by atoms with Crippen LogP contribution in [0.4, 0.5) is 0 Å². The van der Waals surface area contributed by atoms with Gasteiger partial charge in [-0.05, 0) is 13.8 Å². The summed E-state index contributed by atoms with van der Waals surface area (Å²) in [5, 5.41) is 14.1. The summed E-state index contributed by atoms with van der Waals surface area (Å²) in [5.74, 6) is -0.426. The standard InChI is InChI=1S/C14H15NO3/c1-8-3-5-9(6-4-8)12-11-10(16)7-14(2,17)13(11)18-15-12/h3-6,11,13,17H,7H2,1-2H3/t11-,13+,14-/m0/s1. The lowest BCUT2D eigenvalue weighted by Crippen LogP contribution is -2.37. The molecule has 1 aromatic carbocycles. The lowest BCUT2D eigenvalue weighted by Gasteiger charge is -2.20. The number of carbonyl (C=O) groups is 1. The molecular weight excluding hydrogens is 230 g/mol. The van der Waals surface area contributed by atoms with Crippen molar-refractivity contribution in [3.63, 3.8) is 0 Å². The maximum absolute atomic E-state index is 12.0. The SMILES string of the molecule is Cc1ccc(C2=NO[C@@H]3[C@H]2C(=O)C[C@]3(C)O)cc1. The maximum atomic E-state index is 12.0. The Morgan fingerprint density at radius 2 is 2.06 bits per heavy atom. The van der Waals surface area contributed by atoms with Crippen LogP contribution in [0, 0.1) is 12.8 Å². The third kappa shape index (κ3) is 1.56. The summed E-state index contributed by atoms with van der Waals surface area (Å²) in [5.41, 5.74) is 1.57. The normalized spacial score (nSPS) is 34.2. The molecule has 4 heteroatoms. The van der Waals surface area contributed by atoms with E-state index in [-0.39, 0.29) is 12.2 Å². The van der Waals surface area contributed by atoms with E-state index in [0.29, 0.717) is 5.71 Å². The summed E-state index contributed by atoms with van der Waals surface area (Å²) in [7, 11) is 0.